The highest BCUT2D eigenvalue weighted by atomic mass is 79.9. The lowest BCUT2D eigenvalue weighted by Gasteiger charge is -2.26. The quantitative estimate of drug-likeness (QED) is 0.642. The Bertz CT molecular complexity index is 560. The van der Waals surface area contributed by atoms with Crippen LogP contribution >= 0.6 is 15.9 Å². The summed E-state index contributed by atoms with van der Waals surface area (Å²) in [6.45, 7) is 0.531. The second kappa shape index (κ2) is 5.37. The maximum atomic E-state index is 12.6. The van der Waals surface area contributed by atoms with Crippen LogP contribution in [-0.4, -0.2) is 22.5 Å². The Hall–Kier alpha value is -1.68. The molecule has 0 radical (unpaired) electrons. The van der Waals surface area contributed by atoms with E-state index in [-0.39, 0.29) is 15.8 Å². The van der Waals surface area contributed by atoms with E-state index in [1.165, 1.54) is 0 Å². The predicted octanol–water partition coefficient (Wildman–Crippen LogP) is 2.58. The number of carbonyl (C=O) groups excluding carboxylic acids is 1. The Balaban J connectivity index is 2.98. The van der Waals surface area contributed by atoms with Crippen LogP contribution in [0.25, 0.3) is 0 Å². The molecule has 0 fully saturated rings. The van der Waals surface area contributed by atoms with E-state index in [1.807, 2.05) is 5.32 Å². The zero-order valence-corrected chi connectivity index (χ0v) is 11.6. The van der Waals surface area contributed by atoms with Crippen LogP contribution in [0.4, 0.5) is 24.5 Å². The third-order valence-electron chi connectivity index (χ3n) is 2.46. The average molecular weight is 356 g/mol. The van der Waals surface area contributed by atoms with Gasteiger partial charge in [0.25, 0.3) is 11.6 Å². The first kappa shape index (κ1) is 16.4. The maximum Gasteiger partial charge on any atom is 0.415 e. The molecular weight excluding hydrogens is 347 g/mol. The smallest absolute Gasteiger partial charge is 0.324 e. The van der Waals surface area contributed by atoms with Crippen molar-refractivity contribution in [2.75, 3.05) is 5.32 Å². The predicted molar refractivity (Wildman–Crippen MR) is 68.1 cm³/mol. The lowest BCUT2D eigenvalue weighted by molar-refractivity contribution is -0.385. The molecule has 110 valence electrons. The minimum absolute atomic E-state index is 0.0195. The van der Waals surface area contributed by atoms with Crippen molar-refractivity contribution in [3.8, 4) is 0 Å². The summed E-state index contributed by atoms with van der Waals surface area (Å²) in [5.41, 5.74) is 1.55. The first-order valence-electron chi connectivity index (χ1n) is 5.08. The molecule has 1 aromatic rings. The summed E-state index contributed by atoms with van der Waals surface area (Å²) in [4.78, 5) is 21.4. The summed E-state index contributed by atoms with van der Waals surface area (Å²) in [5, 5.41) is 12.5. The first-order chi connectivity index (χ1) is 8.96. The number of nitrogens with two attached hydrogens (primary N) is 1. The van der Waals surface area contributed by atoms with Crippen LogP contribution < -0.4 is 11.1 Å². The number of amides is 1. The largest absolute Gasteiger partial charge is 0.415 e. The number of nitro groups is 1. The highest BCUT2D eigenvalue weighted by Gasteiger charge is 2.54. The Morgan fingerprint density at radius 2 is 2.00 bits per heavy atom. The van der Waals surface area contributed by atoms with Crippen molar-refractivity contribution in [1.82, 2.24) is 0 Å². The molecule has 1 atom stereocenters. The number of halogens is 4. The van der Waals surface area contributed by atoms with Gasteiger partial charge in [0.15, 0.2) is 5.54 Å². The minimum atomic E-state index is -4.92. The fourth-order valence-electron chi connectivity index (χ4n) is 1.12. The van der Waals surface area contributed by atoms with E-state index in [9.17, 15) is 28.1 Å². The van der Waals surface area contributed by atoms with Crippen LogP contribution in [0, 0.1) is 10.1 Å². The van der Waals surface area contributed by atoms with Crippen LogP contribution in [0.3, 0.4) is 0 Å². The van der Waals surface area contributed by atoms with E-state index in [2.05, 4.69) is 15.9 Å². The van der Waals surface area contributed by atoms with E-state index in [4.69, 9.17) is 5.73 Å². The number of hydrogen-bond acceptors (Lipinski definition) is 4. The van der Waals surface area contributed by atoms with Gasteiger partial charge < -0.3 is 11.1 Å². The third-order valence-corrected chi connectivity index (χ3v) is 3.10. The lowest BCUT2D eigenvalue weighted by Crippen LogP contribution is -2.59. The molecule has 6 nitrogen and oxygen atoms in total. The molecule has 0 saturated heterocycles. The van der Waals surface area contributed by atoms with E-state index in [1.54, 1.807) is 0 Å². The number of benzene rings is 1. The molecule has 0 bridgehead atoms. The zero-order chi connectivity index (χ0) is 15.7. The lowest BCUT2D eigenvalue weighted by atomic mass is 10.0. The highest BCUT2D eigenvalue weighted by molar-refractivity contribution is 9.10. The van der Waals surface area contributed by atoms with Crippen molar-refractivity contribution in [1.29, 1.82) is 0 Å². The molecule has 0 aliphatic heterocycles. The number of nitro benzene ring substituents is 1. The van der Waals surface area contributed by atoms with Gasteiger partial charge in [0.2, 0.25) is 0 Å². The molecule has 1 rings (SSSR count). The monoisotopic (exact) mass is 355 g/mol. The number of hydrogen-bond donors (Lipinski definition) is 2. The molecule has 0 aliphatic carbocycles. The number of carbonyl (C=O) groups is 1. The van der Waals surface area contributed by atoms with Crippen molar-refractivity contribution in [2.24, 2.45) is 5.73 Å². The van der Waals surface area contributed by atoms with Gasteiger partial charge in [0.05, 0.1) is 9.40 Å². The van der Waals surface area contributed by atoms with E-state index >= 15 is 0 Å². The standard InChI is InChI=1S/C10H9BrF3N3O3/c1-9(15,10(12,13)14)8(18)16-5-2-3-7(17(19)20)6(11)4-5/h2-4H,15H2,1H3,(H,16,18). The normalized spacial score (nSPS) is 14.5. The fourth-order valence-corrected chi connectivity index (χ4v) is 1.65. The number of rotatable bonds is 3. The van der Waals surface area contributed by atoms with Gasteiger partial charge in [0.1, 0.15) is 0 Å². The summed E-state index contributed by atoms with van der Waals surface area (Å²) in [6.07, 6.45) is -4.92. The van der Waals surface area contributed by atoms with Crippen molar-refractivity contribution < 1.29 is 22.9 Å². The van der Waals surface area contributed by atoms with Crippen LogP contribution in [0.15, 0.2) is 22.7 Å². The molecule has 0 aliphatic rings. The molecule has 3 N–H and O–H groups in total. The van der Waals surface area contributed by atoms with E-state index in [0.717, 1.165) is 18.2 Å². The van der Waals surface area contributed by atoms with Crippen molar-refractivity contribution >= 4 is 33.2 Å². The molecule has 0 aromatic heterocycles. The Morgan fingerprint density at radius 1 is 1.45 bits per heavy atom. The van der Waals surface area contributed by atoms with Crippen LogP contribution in [0.5, 0.6) is 0 Å². The van der Waals surface area contributed by atoms with E-state index in [0.29, 0.717) is 6.92 Å². The average Bonchev–Trinajstić information content (AvgIpc) is 2.26. The summed E-state index contributed by atoms with van der Waals surface area (Å²) < 4.78 is 37.7. The van der Waals surface area contributed by atoms with Gasteiger partial charge in [-0.25, -0.2) is 0 Å². The van der Waals surface area contributed by atoms with Crippen LogP contribution in [0.2, 0.25) is 0 Å². The number of nitrogens with one attached hydrogen (secondary N) is 1. The molecule has 10 heteroatoms. The SMILES string of the molecule is CC(N)(C(=O)Nc1ccc([N+](=O)[O-])c(Br)c1)C(F)(F)F. The molecule has 1 amide bonds. The highest BCUT2D eigenvalue weighted by Crippen LogP contribution is 2.31. The number of alkyl halides is 3. The van der Waals surface area contributed by atoms with Crippen molar-refractivity contribution in [3.05, 3.63) is 32.8 Å². The summed E-state index contributed by atoms with van der Waals surface area (Å²) >= 11 is 2.88. The molecule has 0 heterocycles. The molecule has 1 aromatic carbocycles. The van der Waals surface area contributed by atoms with Gasteiger partial charge in [-0.05, 0) is 35.0 Å². The maximum absolute atomic E-state index is 12.6. The molecule has 1 unspecified atom stereocenters. The van der Waals surface area contributed by atoms with Crippen molar-refractivity contribution in [3.63, 3.8) is 0 Å². The van der Waals surface area contributed by atoms with Gasteiger partial charge in [-0.15, -0.1) is 0 Å². The number of nitrogens with zero attached hydrogens (tertiary/aromatic N) is 1. The van der Waals surface area contributed by atoms with Gasteiger partial charge >= 0.3 is 6.18 Å². The molecular formula is C10H9BrF3N3O3. The Morgan fingerprint density at radius 3 is 2.40 bits per heavy atom. The minimum Gasteiger partial charge on any atom is -0.324 e. The molecule has 0 saturated carbocycles. The second-order valence-corrected chi connectivity index (χ2v) is 4.93. The van der Waals surface area contributed by atoms with Gasteiger partial charge in [-0.3, -0.25) is 14.9 Å². The summed E-state index contributed by atoms with van der Waals surface area (Å²) in [5.74, 6) is -1.47. The van der Waals surface area contributed by atoms with Gasteiger partial charge in [-0.1, -0.05) is 0 Å². The van der Waals surface area contributed by atoms with Crippen LogP contribution in [-0.2, 0) is 4.79 Å². The third kappa shape index (κ3) is 3.25. The second-order valence-electron chi connectivity index (χ2n) is 4.08. The topological polar surface area (TPSA) is 98.3 Å². The zero-order valence-electron chi connectivity index (χ0n) is 9.99. The number of anilines is 1. The molecule has 0 spiro atoms. The van der Waals surface area contributed by atoms with E-state index < -0.39 is 22.5 Å². The molecule has 20 heavy (non-hydrogen) atoms. The van der Waals surface area contributed by atoms with Crippen molar-refractivity contribution in [2.45, 2.75) is 18.6 Å². The van der Waals surface area contributed by atoms with Gasteiger partial charge in [0, 0.05) is 11.8 Å². The fraction of sp³-hybridized carbons (Fsp3) is 0.300. The summed E-state index contributed by atoms with van der Waals surface area (Å²) in [6, 6.07) is 3.26. The van der Waals surface area contributed by atoms with Gasteiger partial charge in [-0.2, -0.15) is 13.2 Å². The Labute approximate surface area is 119 Å². The summed E-state index contributed by atoms with van der Waals surface area (Å²) in [7, 11) is 0. The van der Waals surface area contributed by atoms with Crippen LogP contribution in [0.1, 0.15) is 6.92 Å². The Kier molecular flexibility index (Phi) is 4.39. The first-order valence-corrected chi connectivity index (χ1v) is 5.87.